The Morgan fingerprint density at radius 1 is 1.26 bits per heavy atom. The molecule has 6 nitrogen and oxygen atoms in total. The van der Waals surface area contributed by atoms with Gasteiger partial charge in [-0.25, -0.2) is 12.7 Å². The molecule has 1 fully saturated rings. The Morgan fingerprint density at radius 2 is 1.96 bits per heavy atom. The molecule has 130 valence electrons. The van der Waals surface area contributed by atoms with Crippen molar-refractivity contribution in [2.45, 2.75) is 25.4 Å². The quantitative estimate of drug-likeness (QED) is 0.736. The van der Waals surface area contributed by atoms with Gasteiger partial charge in [0.15, 0.2) is 0 Å². The van der Waals surface area contributed by atoms with Gasteiger partial charge in [0.25, 0.3) is 0 Å². The highest BCUT2D eigenvalue weighted by atomic mass is 32.2. The largest absolute Gasteiger partial charge is 0.497 e. The van der Waals surface area contributed by atoms with Crippen LogP contribution in [0, 0.1) is 5.92 Å². The molecule has 1 aromatic rings. The van der Waals surface area contributed by atoms with Crippen LogP contribution in [0.2, 0.25) is 0 Å². The van der Waals surface area contributed by atoms with Gasteiger partial charge in [-0.2, -0.15) is 0 Å². The minimum absolute atomic E-state index is 0.0432. The second-order valence-electron chi connectivity index (χ2n) is 6.06. The third kappa shape index (κ3) is 4.83. The smallest absolute Gasteiger partial charge is 0.215 e. The van der Waals surface area contributed by atoms with Crippen LogP contribution < -0.4 is 14.8 Å². The number of ether oxygens (including phenoxy) is 2. The third-order valence-electron chi connectivity index (χ3n) is 4.18. The topological polar surface area (TPSA) is 67.9 Å². The molecule has 1 aromatic carbocycles. The zero-order valence-corrected chi connectivity index (χ0v) is 15.0. The molecule has 7 heteroatoms. The molecule has 2 rings (SSSR count). The number of nitrogens with one attached hydrogen (secondary N) is 1. The van der Waals surface area contributed by atoms with Gasteiger partial charge < -0.3 is 14.8 Å². The van der Waals surface area contributed by atoms with Crippen molar-refractivity contribution < 1.29 is 17.9 Å². The van der Waals surface area contributed by atoms with Gasteiger partial charge in [-0.05, 0) is 37.0 Å². The Kier molecular flexibility index (Phi) is 5.89. The van der Waals surface area contributed by atoms with Crippen LogP contribution in [0.5, 0.6) is 11.5 Å². The van der Waals surface area contributed by atoms with Crippen LogP contribution in [0.25, 0.3) is 0 Å². The number of rotatable bonds is 9. The molecule has 0 saturated heterocycles. The van der Waals surface area contributed by atoms with Crippen molar-refractivity contribution in [1.29, 1.82) is 0 Å². The van der Waals surface area contributed by atoms with Crippen LogP contribution in [0.1, 0.15) is 18.4 Å². The first-order chi connectivity index (χ1) is 10.9. The highest BCUT2D eigenvalue weighted by molar-refractivity contribution is 7.89. The monoisotopic (exact) mass is 342 g/mol. The van der Waals surface area contributed by atoms with Crippen LogP contribution in [-0.4, -0.2) is 52.8 Å². The molecule has 1 aliphatic carbocycles. The minimum atomic E-state index is -3.22. The summed E-state index contributed by atoms with van der Waals surface area (Å²) in [5.74, 6) is 2.08. The molecule has 0 aliphatic heterocycles. The summed E-state index contributed by atoms with van der Waals surface area (Å²) in [7, 11) is 3.17. The molecule has 0 spiro atoms. The number of hydrogen-bond acceptors (Lipinski definition) is 5. The third-order valence-corrected chi connectivity index (χ3v) is 6.07. The lowest BCUT2D eigenvalue weighted by atomic mass is 10.1. The van der Waals surface area contributed by atoms with E-state index in [0.717, 1.165) is 29.9 Å². The standard InChI is InChI=1S/C16H26N2O4S/c1-18(2)23(19,20)11-15(12-5-6-12)17-10-13-9-14(21-3)7-8-16(13)22-4/h7-9,12,15,17H,5-6,10-11H2,1-4H3. The normalized spacial score (nSPS) is 16.4. The zero-order valence-electron chi connectivity index (χ0n) is 14.2. The molecule has 0 aromatic heterocycles. The molecule has 1 aliphatic rings. The van der Waals surface area contributed by atoms with Gasteiger partial charge in [0.2, 0.25) is 10.0 Å². The van der Waals surface area contributed by atoms with Crippen molar-refractivity contribution >= 4 is 10.0 Å². The molecule has 23 heavy (non-hydrogen) atoms. The molecule has 0 amide bonds. The van der Waals surface area contributed by atoms with E-state index in [0.29, 0.717) is 12.5 Å². The summed E-state index contributed by atoms with van der Waals surface area (Å²) >= 11 is 0. The second-order valence-corrected chi connectivity index (χ2v) is 8.29. The Bertz CT molecular complexity index is 627. The van der Waals surface area contributed by atoms with Crippen molar-refractivity contribution in [3.05, 3.63) is 23.8 Å². The van der Waals surface area contributed by atoms with Gasteiger partial charge in [0.1, 0.15) is 11.5 Å². The first-order valence-corrected chi connectivity index (χ1v) is 9.32. The van der Waals surface area contributed by atoms with Gasteiger partial charge in [-0.1, -0.05) is 0 Å². The summed E-state index contributed by atoms with van der Waals surface area (Å²) < 4.78 is 36.2. The SMILES string of the molecule is COc1ccc(OC)c(CNC(CS(=O)(=O)N(C)C)C2CC2)c1. The molecule has 1 unspecified atom stereocenters. The minimum Gasteiger partial charge on any atom is -0.497 e. The predicted octanol–water partition coefficient (Wildman–Crippen LogP) is 1.46. The molecular weight excluding hydrogens is 316 g/mol. The molecule has 0 radical (unpaired) electrons. The number of benzene rings is 1. The van der Waals surface area contributed by atoms with Crippen molar-refractivity contribution in [2.75, 3.05) is 34.1 Å². The van der Waals surface area contributed by atoms with E-state index in [1.165, 1.54) is 4.31 Å². The van der Waals surface area contributed by atoms with Crippen LogP contribution in [0.3, 0.4) is 0 Å². The molecule has 1 N–H and O–H groups in total. The van der Waals surface area contributed by atoms with Crippen LogP contribution in [0.4, 0.5) is 0 Å². The van der Waals surface area contributed by atoms with Gasteiger partial charge in [0, 0.05) is 32.2 Å². The average Bonchev–Trinajstić information content (AvgIpc) is 3.35. The lowest BCUT2D eigenvalue weighted by Crippen LogP contribution is -2.40. The van der Waals surface area contributed by atoms with Crippen molar-refractivity contribution in [1.82, 2.24) is 9.62 Å². The first kappa shape index (κ1) is 18.0. The Balaban J connectivity index is 2.07. The number of sulfonamides is 1. The summed E-state index contributed by atoms with van der Waals surface area (Å²) in [6, 6.07) is 5.57. The van der Waals surface area contributed by atoms with Crippen LogP contribution in [0.15, 0.2) is 18.2 Å². The van der Waals surface area contributed by atoms with Crippen LogP contribution in [-0.2, 0) is 16.6 Å². The maximum absolute atomic E-state index is 12.1. The molecule has 1 saturated carbocycles. The van der Waals surface area contributed by atoms with E-state index in [-0.39, 0.29) is 11.8 Å². The van der Waals surface area contributed by atoms with Crippen molar-refractivity contribution in [3.63, 3.8) is 0 Å². The highest BCUT2D eigenvalue weighted by Crippen LogP contribution is 2.34. The Morgan fingerprint density at radius 3 is 2.48 bits per heavy atom. The maximum atomic E-state index is 12.1. The fourth-order valence-electron chi connectivity index (χ4n) is 2.50. The molecular formula is C16H26N2O4S. The maximum Gasteiger partial charge on any atom is 0.215 e. The van der Waals surface area contributed by atoms with Crippen molar-refractivity contribution in [2.24, 2.45) is 5.92 Å². The van der Waals surface area contributed by atoms with E-state index >= 15 is 0 Å². The summed E-state index contributed by atoms with van der Waals surface area (Å²) in [4.78, 5) is 0. The second kappa shape index (κ2) is 7.51. The van der Waals surface area contributed by atoms with Gasteiger partial charge in [-0.15, -0.1) is 0 Å². The van der Waals surface area contributed by atoms with Gasteiger partial charge >= 0.3 is 0 Å². The number of hydrogen-bond donors (Lipinski definition) is 1. The van der Waals surface area contributed by atoms with Crippen molar-refractivity contribution in [3.8, 4) is 11.5 Å². The summed E-state index contributed by atoms with van der Waals surface area (Å²) in [5.41, 5.74) is 0.958. The average molecular weight is 342 g/mol. The van der Waals surface area contributed by atoms with E-state index in [4.69, 9.17) is 9.47 Å². The lowest BCUT2D eigenvalue weighted by molar-refractivity contribution is 0.393. The van der Waals surface area contributed by atoms with Gasteiger partial charge in [-0.3, -0.25) is 0 Å². The lowest BCUT2D eigenvalue weighted by Gasteiger charge is -2.21. The summed E-state index contributed by atoms with van der Waals surface area (Å²) in [6.45, 7) is 0.546. The van der Waals surface area contributed by atoms with Crippen LogP contribution >= 0.6 is 0 Å². The Labute approximate surface area is 138 Å². The van der Waals surface area contributed by atoms with E-state index in [1.807, 2.05) is 18.2 Å². The highest BCUT2D eigenvalue weighted by Gasteiger charge is 2.34. The van der Waals surface area contributed by atoms with E-state index < -0.39 is 10.0 Å². The zero-order chi connectivity index (χ0) is 17.0. The van der Waals surface area contributed by atoms with Gasteiger partial charge in [0.05, 0.1) is 20.0 Å². The molecule has 1 atom stereocenters. The van der Waals surface area contributed by atoms with E-state index in [1.54, 1.807) is 28.3 Å². The predicted molar refractivity (Wildman–Crippen MR) is 90.4 cm³/mol. The van der Waals surface area contributed by atoms with E-state index in [2.05, 4.69) is 5.32 Å². The molecule has 0 bridgehead atoms. The van der Waals surface area contributed by atoms with E-state index in [9.17, 15) is 8.42 Å². The number of methoxy groups -OCH3 is 2. The first-order valence-electron chi connectivity index (χ1n) is 7.72. The fraction of sp³-hybridized carbons (Fsp3) is 0.625. The fourth-order valence-corrected chi connectivity index (χ4v) is 3.64. The Hall–Kier alpha value is -1.31. The summed E-state index contributed by atoms with van der Waals surface area (Å²) in [6.07, 6.45) is 2.16. The molecule has 0 heterocycles. The summed E-state index contributed by atoms with van der Waals surface area (Å²) in [5, 5.41) is 3.39. The number of nitrogens with zero attached hydrogens (tertiary/aromatic N) is 1.